The Bertz CT molecular complexity index is 510. The molecule has 0 bridgehead atoms. The normalized spacial score (nSPS) is 38.5. The van der Waals surface area contributed by atoms with Gasteiger partial charge in [0.1, 0.15) is 0 Å². The lowest BCUT2D eigenvalue weighted by molar-refractivity contribution is -0.150. The van der Waals surface area contributed by atoms with Crippen LogP contribution in [0.5, 0.6) is 0 Å². The minimum absolute atomic E-state index is 0.319. The van der Waals surface area contributed by atoms with Crippen LogP contribution in [-0.4, -0.2) is 34.8 Å². The predicted molar refractivity (Wildman–Crippen MR) is 60.7 cm³/mol. The van der Waals surface area contributed by atoms with Crippen molar-refractivity contribution in [2.45, 2.75) is 37.6 Å². The summed E-state index contributed by atoms with van der Waals surface area (Å²) in [6.07, 6.45) is 3.73. The largest absolute Gasteiger partial charge is 0.480 e. The number of rotatable bonds is 3. The molecular formula is C12H14N2O5. The second-order valence-corrected chi connectivity index (χ2v) is 5.49. The molecule has 2 atom stereocenters. The molecule has 3 aliphatic rings. The van der Waals surface area contributed by atoms with Crippen LogP contribution in [0.3, 0.4) is 0 Å². The average molecular weight is 266 g/mol. The highest BCUT2D eigenvalue weighted by molar-refractivity contribution is 6.28. The van der Waals surface area contributed by atoms with E-state index < -0.39 is 34.2 Å². The number of nitrogens with one attached hydrogen (secondary N) is 2. The molecule has 0 aromatic carbocycles. The minimum atomic E-state index is -1.82. The summed E-state index contributed by atoms with van der Waals surface area (Å²) in [7, 11) is 0. The van der Waals surface area contributed by atoms with Crippen LogP contribution in [0.1, 0.15) is 32.1 Å². The van der Waals surface area contributed by atoms with E-state index in [0.29, 0.717) is 19.3 Å². The van der Waals surface area contributed by atoms with Gasteiger partial charge in [0.25, 0.3) is 5.91 Å². The first-order valence-corrected chi connectivity index (χ1v) is 6.32. The third kappa shape index (κ3) is 0.913. The topological polar surface area (TPSA) is 113 Å². The zero-order chi connectivity index (χ0) is 13.9. The molecule has 2 saturated carbocycles. The lowest BCUT2D eigenvalue weighted by Gasteiger charge is -2.28. The zero-order valence-corrected chi connectivity index (χ0v) is 10.2. The van der Waals surface area contributed by atoms with E-state index in [4.69, 9.17) is 0 Å². The summed E-state index contributed by atoms with van der Waals surface area (Å²) in [5.74, 6) is -2.80. The van der Waals surface area contributed by atoms with Crippen LogP contribution in [0.25, 0.3) is 0 Å². The predicted octanol–water partition coefficient (Wildman–Crippen LogP) is -0.837. The first-order chi connectivity index (χ1) is 9.01. The van der Waals surface area contributed by atoms with Gasteiger partial charge >= 0.3 is 5.97 Å². The number of aliphatic carboxylic acids is 1. The molecule has 1 spiro atoms. The van der Waals surface area contributed by atoms with Gasteiger partial charge < -0.3 is 10.4 Å². The van der Waals surface area contributed by atoms with E-state index in [-0.39, 0.29) is 0 Å². The molecule has 1 heterocycles. The lowest BCUT2D eigenvalue weighted by atomic mass is 9.77. The van der Waals surface area contributed by atoms with Gasteiger partial charge in [-0.1, -0.05) is 19.3 Å². The number of carboxylic acids is 1. The molecule has 0 radical (unpaired) electrons. The van der Waals surface area contributed by atoms with Gasteiger partial charge in [0.2, 0.25) is 12.3 Å². The molecule has 0 aromatic rings. The number of carboxylic acid groups (broad SMARTS) is 1. The third-order valence-corrected chi connectivity index (χ3v) is 5.15. The second kappa shape index (κ2) is 3.34. The lowest BCUT2D eigenvalue weighted by Crippen LogP contribution is -2.48. The van der Waals surface area contributed by atoms with Crippen molar-refractivity contribution in [3.8, 4) is 0 Å². The van der Waals surface area contributed by atoms with Crippen LogP contribution in [0, 0.1) is 10.8 Å². The van der Waals surface area contributed by atoms with E-state index in [0.717, 1.165) is 19.3 Å². The molecule has 3 fully saturated rings. The third-order valence-electron chi connectivity index (χ3n) is 5.15. The van der Waals surface area contributed by atoms with Crippen LogP contribution in [0.15, 0.2) is 0 Å². The monoisotopic (exact) mass is 266 g/mol. The maximum Gasteiger partial charge on any atom is 0.322 e. The van der Waals surface area contributed by atoms with Gasteiger partial charge in [-0.25, -0.2) is 0 Å². The van der Waals surface area contributed by atoms with Gasteiger partial charge in [0.15, 0.2) is 11.0 Å². The van der Waals surface area contributed by atoms with E-state index >= 15 is 0 Å². The van der Waals surface area contributed by atoms with Crippen molar-refractivity contribution in [3.05, 3.63) is 0 Å². The summed E-state index contributed by atoms with van der Waals surface area (Å²) in [5, 5.41) is 14.0. The van der Waals surface area contributed by atoms with Crippen molar-refractivity contribution in [1.82, 2.24) is 10.6 Å². The quantitative estimate of drug-likeness (QED) is 0.350. The van der Waals surface area contributed by atoms with E-state index in [1.54, 1.807) is 0 Å². The summed E-state index contributed by atoms with van der Waals surface area (Å²) in [6, 6.07) is 0. The van der Waals surface area contributed by atoms with Crippen molar-refractivity contribution in [1.29, 1.82) is 0 Å². The van der Waals surface area contributed by atoms with Gasteiger partial charge in [-0.2, -0.15) is 0 Å². The molecule has 19 heavy (non-hydrogen) atoms. The van der Waals surface area contributed by atoms with Crippen molar-refractivity contribution >= 4 is 24.2 Å². The first kappa shape index (κ1) is 12.1. The summed E-state index contributed by atoms with van der Waals surface area (Å²) >= 11 is 0. The second-order valence-electron chi connectivity index (χ2n) is 5.49. The molecule has 1 aliphatic heterocycles. The number of carbonyl (C=O) groups is 4. The van der Waals surface area contributed by atoms with Crippen LogP contribution in [0.2, 0.25) is 0 Å². The Kier molecular flexibility index (Phi) is 2.13. The van der Waals surface area contributed by atoms with Gasteiger partial charge in [-0.3, -0.25) is 24.5 Å². The molecule has 3 rings (SSSR count). The van der Waals surface area contributed by atoms with Crippen LogP contribution in [0.4, 0.5) is 0 Å². The van der Waals surface area contributed by atoms with E-state index in [2.05, 4.69) is 10.6 Å². The van der Waals surface area contributed by atoms with Gasteiger partial charge in [0, 0.05) is 5.41 Å². The molecule has 1 saturated heterocycles. The molecule has 3 N–H and O–H groups in total. The summed E-state index contributed by atoms with van der Waals surface area (Å²) in [4.78, 5) is 46.7. The first-order valence-electron chi connectivity index (χ1n) is 6.32. The van der Waals surface area contributed by atoms with E-state index in [9.17, 15) is 24.3 Å². The molecule has 0 unspecified atom stereocenters. The number of fused-ring (bicyclic) bond motifs is 3. The van der Waals surface area contributed by atoms with Crippen LogP contribution >= 0.6 is 0 Å². The van der Waals surface area contributed by atoms with Crippen LogP contribution in [-0.2, 0) is 19.2 Å². The highest BCUT2D eigenvalue weighted by atomic mass is 16.4. The smallest absolute Gasteiger partial charge is 0.322 e. The van der Waals surface area contributed by atoms with Crippen molar-refractivity contribution in [2.24, 2.45) is 10.8 Å². The van der Waals surface area contributed by atoms with Gasteiger partial charge in [-0.15, -0.1) is 0 Å². The van der Waals surface area contributed by atoms with Gasteiger partial charge in [-0.05, 0) is 12.8 Å². The molecule has 102 valence electrons. The molecular weight excluding hydrogens is 252 g/mol. The average Bonchev–Trinajstić information content (AvgIpc) is 2.76. The maximum absolute atomic E-state index is 12.1. The number of amides is 3. The maximum atomic E-state index is 12.1. The minimum Gasteiger partial charge on any atom is -0.480 e. The Morgan fingerprint density at radius 2 is 1.84 bits per heavy atom. The Labute approximate surface area is 108 Å². The fraction of sp³-hybridized carbons (Fsp3) is 0.667. The number of hydrogen-bond acceptors (Lipinski definition) is 4. The SMILES string of the molecule is O=CN[C@]12C(=O)NC(=O)[C@]1(C(=O)O)C21CCCCC1. The molecule has 7 nitrogen and oxygen atoms in total. The fourth-order valence-electron chi connectivity index (χ4n) is 4.53. The Hall–Kier alpha value is -1.92. The summed E-state index contributed by atoms with van der Waals surface area (Å²) in [6.45, 7) is 0. The molecule has 2 aliphatic carbocycles. The molecule has 0 aromatic heterocycles. The highest BCUT2D eigenvalue weighted by Crippen LogP contribution is 2.79. The Morgan fingerprint density at radius 3 is 2.37 bits per heavy atom. The van der Waals surface area contributed by atoms with E-state index in [1.165, 1.54) is 0 Å². The van der Waals surface area contributed by atoms with Crippen molar-refractivity contribution in [3.63, 3.8) is 0 Å². The van der Waals surface area contributed by atoms with Crippen molar-refractivity contribution < 1.29 is 24.3 Å². The van der Waals surface area contributed by atoms with E-state index in [1.807, 2.05) is 0 Å². The molecule has 7 heteroatoms. The number of imide groups is 1. The Morgan fingerprint density at radius 1 is 1.21 bits per heavy atom. The summed E-state index contributed by atoms with van der Waals surface area (Å²) in [5.41, 5.74) is -4.37. The van der Waals surface area contributed by atoms with Crippen LogP contribution < -0.4 is 10.6 Å². The van der Waals surface area contributed by atoms with Gasteiger partial charge in [0.05, 0.1) is 0 Å². The highest BCUT2D eigenvalue weighted by Gasteiger charge is 2.99. The fourth-order valence-corrected chi connectivity index (χ4v) is 4.53. The summed E-state index contributed by atoms with van der Waals surface area (Å²) < 4.78 is 0. The zero-order valence-electron chi connectivity index (χ0n) is 10.2. The standard InChI is InChI=1S/C12H14N2O5/c15-6-13-12-8(17)14-7(16)11(12,9(18)19)10(12)4-2-1-3-5-10/h6H,1-5H2,(H,13,15)(H,18,19)(H,14,16,17)/t11-,12-/m0/s1. The Balaban J connectivity index is 2.20. The number of carbonyl (C=O) groups excluding carboxylic acids is 3. The van der Waals surface area contributed by atoms with Crippen molar-refractivity contribution in [2.75, 3.05) is 0 Å². The number of hydrogen-bond donors (Lipinski definition) is 3. The molecule has 3 amide bonds. The number of piperidine rings is 1.